The zero-order valence-electron chi connectivity index (χ0n) is 9.92. The SMILES string of the molecule is Cc1cc(COC(=O)c2ccc(CO)cc2)no1. The average Bonchev–Trinajstić information content (AvgIpc) is 2.82. The molecule has 0 unspecified atom stereocenters. The number of esters is 1. The Kier molecular flexibility index (Phi) is 3.74. The van der Waals surface area contributed by atoms with E-state index in [1.807, 2.05) is 0 Å². The van der Waals surface area contributed by atoms with Gasteiger partial charge in [0.05, 0.1) is 12.2 Å². The van der Waals surface area contributed by atoms with Gasteiger partial charge in [0.25, 0.3) is 0 Å². The molecule has 94 valence electrons. The van der Waals surface area contributed by atoms with Gasteiger partial charge in [0.15, 0.2) is 0 Å². The molecule has 2 aromatic rings. The monoisotopic (exact) mass is 247 g/mol. The van der Waals surface area contributed by atoms with Gasteiger partial charge in [-0.15, -0.1) is 0 Å². The van der Waals surface area contributed by atoms with Crippen molar-refractivity contribution >= 4 is 5.97 Å². The van der Waals surface area contributed by atoms with Crippen molar-refractivity contribution < 1.29 is 19.2 Å². The van der Waals surface area contributed by atoms with E-state index in [2.05, 4.69) is 5.16 Å². The van der Waals surface area contributed by atoms with Crippen molar-refractivity contribution in [3.63, 3.8) is 0 Å². The molecule has 0 aliphatic carbocycles. The summed E-state index contributed by atoms with van der Waals surface area (Å²) >= 11 is 0. The van der Waals surface area contributed by atoms with Gasteiger partial charge < -0.3 is 14.4 Å². The lowest BCUT2D eigenvalue weighted by Crippen LogP contribution is -2.05. The quantitative estimate of drug-likeness (QED) is 0.834. The van der Waals surface area contributed by atoms with Gasteiger partial charge in [-0.05, 0) is 24.6 Å². The van der Waals surface area contributed by atoms with Crippen LogP contribution in [0.3, 0.4) is 0 Å². The highest BCUT2D eigenvalue weighted by Gasteiger charge is 2.08. The summed E-state index contributed by atoms with van der Waals surface area (Å²) in [6.45, 7) is 1.80. The van der Waals surface area contributed by atoms with Crippen molar-refractivity contribution in [1.82, 2.24) is 5.16 Å². The lowest BCUT2D eigenvalue weighted by molar-refractivity contribution is 0.0464. The van der Waals surface area contributed by atoms with Crippen LogP contribution in [0.15, 0.2) is 34.9 Å². The van der Waals surface area contributed by atoms with Crippen molar-refractivity contribution in [2.24, 2.45) is 0 Å². The number of carbonyl (C=O) groups is 1. The van der Waals surface area contributed by atoms with E-state index in [0.717, 1.165) is 5.56 Å². The predicted molar refractivity (Wildman–Crippen MR) is 62.7 cm³/mol. The molecule has 0 atom stereocenters. The summed E-state index contributed by atoms with van der Waals surface area (Å²) in [7, 11) is 0. The fourth-order valence-electron chi connectivity index (χ4n) is 1.46. The van der Waals surface area contributed by atoms with E-state index in [-0.39, 0.29) is 13.2 Å². The molecule has 0 saturated heterocycles. The number of ether oxygens (including phenoxy) is 1. The minimum absolute atomic E-state index is 0.0481. The molecule has 0 bridgehead atoms. The van der Waals surface area contributed by atoms with Gasteiger partial charge in [0.2, 0.25) is 0 Å². The fourth-order valence-corrected chi connectivity index (χ4v) is 1.46. The molecule has 0 spiro atoms. The molecule has 0 amide bonds. The molecule has 0 saturated carbocycles. The highest BCUT2D eigenvalue weighted by molar-refractivity contribution is 5.89. The van der Waals surface area contributed by atoms with Crippen molar-refractivity contribution in [3.05, 3.63) is 52.9 Å². The maximum atomic E-state index is 11.7. The van der Waals surface area contributed by atoms with Gasteiger partial charge in [0.1, 0.15) is 18.1 Å². The second kappa shape index (κ2) is 5.46. The van der Waals surface area contributed by atoms with Crippen LogP contribution < -0.4 is 0 Å². The van der Waals surface area contributed by atoms with Gasteiger partial charge in [-0.1, -0.05) is 17.3 Å². The molecule has 0 aliphatic rings. The Morgan fingerprint density at radius 3 is 2.67 bits per heavy atom. The van der Waals surface area contributed by atoms with Gasteiger partial charge in [-0.25, -0.2) is 4.79 Å². The summed E-state index contributed by atoms with van der Waals surface area (Å²) in [6, 6.07) is 8.29. The molecule has 1 N–H and O–H groups in total. The Bertz CT molecular complexity index is 530. The zero-order valence-corrected chi connectivity index (χ0v) is 9.92. The third kappa shape index (κ3) is 2.95. The molecule has 1 aromatic carbocycles. The number of aliphatic hydroxyl groups excluding tert-OH is 1. The van der Waals surface area contributed by atoms with E-state index in [4.69, 9.17) is 14.4 Å². The topological polar surface area (TPSA) is 72.6 Å². The second-order valence-corrected chi connectivity index (χ2v) is 3.86. The van der Waals surface area contributed by atoms with Crippen LogP contribution in [-0.4, -0.2) is 16.2 Å². The van der Waals surface area contributed by atoms with E-state index in [1.165, 1.54) is 0 Å². The van der Waals surface area contributed by atoms with Crippen molar-refractivity contribution in [2.45, 2.75) is 20.1 Å². The first-order chi connectivity index (χ1) is 8.69. The summed E-state index contributed by atoms with van der Waals surface area (Å²) in [5.41, 5.74) is 1.76. The third-order valence-corrected chi connectivity index (χ3v) is 2.40. The Hall–Kier alpha value is -2.14. The average molecular weight is 247 g/mol. The molecule has 1 heterocycles. The normalized spacial score (nSPS) is 10.3. The zero-order chi connectivity index (χ0) is 13.0. The Morgan fingerprint density at radius 2 is 2.11 bits per heavy atom. The molecular weight excluding hydrogens is 234 g/mol. The van der Waals surface area contributed by atoms with Crippen LogP contribution in [0.4, 0.5) is 0 Å². The van der Waals surface area contributed by atoms with Crippen molar-refractivity contribution in [3.8, 4) is 0 Å². The molecule has 1 aromatic heterocycles. The Labute approximate surface area is 104 Å². The highest BCUT2D eigenvalue weighted by atomic mass is 16.5. The number of aliphatic hydroxyl groups is 1. The second-order valence-electron chi connectivity index (χ2n) is 3.86. The summed E-state index contributed by atoms with van der Waals surface area (Å²) in [5, 5.41) is 12.6. The summed E-state index contributed by atoms with van der Waals surface area (Å²) in [5.74, 6) is 0.244. The number of hydrogen-bond donors (Lipinski definition) is 1. The van der Waals surface area contributed by atoms with Crippen LogP contribution in [0.5, 0.6) is 0 Å². The van der Waals surface area contributed by atoms with Gasteiger partial charge in [0, 0.05) is 6.07 Å². The van der Waals surface area contributed by atoms with Crippen LogP contribution in [-0.2, 0) is 18.0 Å². The number of nitrogens with zero attached hydrogens (tertiary/aromatic N) is 1. The maximum absolute atomic E-state index is 11.7. The largest absolute Gasteiger partial charge is 0.455 e. The summed E-state index contributed by atoms with van der Waals surface area (Å²) < 4.78 is 9.94. The number of benzene rings is 1. The molecule has 18 heavy (non-hydrogen) atoms. The maximum Gasteiger partial charge on any atom is 0.338 e. The lowest BCUT2D eigenvalue weighted by Gasteiger charge is -2.03. The fraction of sp³-hybridized carbons (Fsp3) is 0.231. The first-order valence-corrected chi connectivity index (χ1v) is 5.48. The smallest absolute Gasteiger partial charge is 0.338 e. The van der Waals surface area contributed by atoms with Crippen LogP contribution >= 0.6 is 0 Å². The van der Waals surface area contributed by atoms with Crippen LogP contribution in [0.2, 0.25) is 0 Å². The first kappa shape index (κ1) is 12.3. The minimum atomic E-state index is -0.430. The Balaban J connectivity index is 1.94. The van der Waals surface area contributed by atoms with Gasteiger partial charge in [-0.3, -0.25) is 0 Å². The lowest BCUT2D eigenvalue weighted by atomic mass is 10.1. The standard InChI is InChI=1S/C13H13NO4/c1-9-6-12(14-18-9)8-17-13(16)11-4-2-10(7-15)3-5-11/h2-6,15H,7-8H2,1H3. The number of aromatic nitrogens is 1. The number of hydrogen-bond acceptors (Lipinski definition) is 5. The summed E-state index contributed by atoms with van der Waals surface area (Å²) in [4.78, 5) is 11.7. The number of rotatable bonds is 4. The van der Waals surface area contributed by atoms with Crippen LogP contribution in [0.1, 0.15) is 27.4 Å². The minimum Gasteiger partial charge on any atom is -0.455 e. The molecule has 5 nitrogen and oxygen atoms in total. The molecule has 0 radical (unpaired) electrons. The number of carbonyl (C=O) groups excluding carboxylic acids is 1. The molecule has 2 rings (SSSR count). The van der Waals surface area contributed by atoms with Gasteiger partial charge in [-0.2, -0.15) is 0 Å². The highest BCUT2D eigenvalue weighted by Crippen LogP contribution is 2.08. The third-order valence-electron chi connectivity index (χ3n) is 2.40. The molecule has 0 aliphatic heterocycles. The van der Waals surface area contributed by atoms with E-state index in [9.17, 15) is 4.79 Å². The van der Waals surface area contributed by atoms with E-state index >= 15 is 0 Å². The van der Waals surface area contributed by atoms with E-state index in [1.54, 1.807) is 37.3 Å². The van der Waals surface area contributed by atoms with Gasteiger partial charge >= 0.3 is 5.97 Å². The van der Waals surface area contributed by atoms with E-state index < -0.39 is 5.97 Å². The van der Waals surface area contributed by atoms with Crippen LogP contribution in [0, 0.1) is 6.92 Å². The summed E-state index contributed by atoms with van der Waals surface area (Å²) in [6.07, 6.45) is 0. The van der Waals surface area contributed by atoms with Crippen molar-refractivity contribution in [2.75, 3.05) is 0 Å². The molecule has 0 fully saturated rings. The van der Waals surface area contributed by atoms with Crippen LogP contribution in [0.25, 0.3) is 0 Å². The first-order valence-electron chi connectivity index (χ1n) is 5.48. The molecule has 5 heteroatoms. The Morgan fingerprint density at radius 1 is 1.39 bits per heavy atom. The predicted octanol–water partition coefficient (Wildman–Crippen LogP) is 1.83. The van der Waals surface area contributed by atoms with Crippen molar-refractivity contribution in [1.29, 1.82) is 0 Å². The molecular formula is C13H13NO4. The number of aryl methyl sites for hydroxylation is 1. The van der Waals surface area contributed by atoms with E-state index in [0.29, 0.717) is 17.0 Å².